The van der Waals surface area contributed by atoms with Crippen molar-refractivity contribution >= 4 is 27.2 Å². The molecule has 0 saturated carbocycles. The number of benzene rings is 1. The molecule has 2 rings (SSSR count). The van der Waals surface area contributed by atoms with Gasteiger partial charge in [-0.2, -0.15) is 0 Å². The van der Waals surface area contributed by atoms with E-state index in [2.05, 4.69) is 9.35 Å². The van der Waals surface area contributed by atoms with E-state index in [0.29, 0.717) is 10.6 Å². The molecule has 0 spiro atoms. The van der Waals surface area contributed by atoms with Crippen LogP contribution in [0.1, 0.15) is 87.7 Å². The van der Waals surface area contributed by atoms with E-state index in [0.717, 1.165) is 22.5 Å². The molecule has 1 aromatic heterocycles. The topological polar surface area (TPSA) is 106 Å². The van der Waals surface area contributed by atoms with Gasteiger partial charge in [0, 0.05) is 5.41 Å². The predicted octanol–water partition coefficient (Wildman–Crippen LogP) is 4.79. The summed E-state index contributed by atoms with van der Waals surface area (Å²) in [6.07, 6.45) is -0.130. The molecule has 172 valence electrons. The Morgan fingerprint density at radius 3 is 2.16 bits per heavy atom. The Hall–Kier alpha value is -1.68. The van der Waals surface area contributed by atoms with Gasteiger partial charge >= 0.3 is 0 Å². The van der Waals surface area contributed by atoms with Gasteiger partial charge in [0.2, 0.25) is 0 Å². The van der Waals surface area contributed by atoms with Gasteiger partial charge in [-0.3, -0.25) is 4.79 Å². The van der Waals surface area contributed by atoms with Crippen LogP contribution in [0.5, 0.6) is 0 Å². The number of nitrogens with two attached hydrogens (primary N) is 1. The van der Waals surface area contributed by atoms with Crippen LogP contribution >= 0.6 is 11.3 Å². The van der Waals surface area contributed by atoms with Crippen molar-refractivity contribution in [2.45, 2.75) is 83.0 Å². The molecule has 1 atom stereocenters. The first kappa shape index (κ1) is 25.6. The van der Waals surface area contributed by atoms with Gasteiger partial charge in [-0.15, -0.1) is 15.7 Å². The summed E-state index contributed by atoms with van der Waals surface area (Å²) in [4.78, 5) is 17.2. The predicted molar refractivity (Wildman–Crippen MR) is 123 cm³/mol. The monoisotopic (exact) mass is 469 g/mol. The highest BCUT2D eigenvalue weighted by atomic mass is 32.2. The lowest BCUT2D eigenvalue weighted by molar-refractivity contribution is -0.117. The molecule has 1 heterocycles. The Bertz CT molecular complexity index is 1060. The van der Waals surface area contributed by atoms with Gasteiger partial charge < -0.3 is 5.11 Å². The Morgan fingerprint density at radius 1 is 1.23 bits per heavy atom. The standard InChI is InChI=1S/C22H32FN3O3S2/c1-12(2)15-8-14(23)9-16(13(3)4)17(15)10-19(28)26-31(24,29)20-18(11-27)25-21(30-20)22(5,6)7/h8-9,12-13,27H,10-11H2,1-7H3,(H2,24,26,28,29). The van der Waals surface area contributed by atoms with Crippen molar-refractivity contribution in [3.05, 3.63) is 45.3 Å². The van der Waals surface area contributed by atoms with E-state index in [4.69, 9.17) is 5.14 Å². The summed E-state index contributed by atoms with van der Waals surface area (Å²) in [5, 5.41) is 16.3. The summed E-state index contributed by atoms with van der Waals surface area (Å²) in [6, 6.07) is 2.86. The number of nitrogens with zero attached hydrogens (tertiary/aromatic N) is 2. The van der Waals surface area contributed by atoms with Crippen LogP contribution in [0.25, 0.3) is 0 Å². The Morgan fingerprint density at radius 2 is 1.74 bits per heavy atom. The Balaban J connectivity index is 2.53. The van der Waals surface area contributed by atoms with Crippen molar-refractivity contribution in [2.24, 2.45) is 9.50 Å². The van der Waals surface area contributed by atoms with Gasteiger partial charge in [-0.25, -0.2) is 18.7 Å². The molecule has 2 aromatic rings. The number of aliphatic hydroxyl groups excluding tert-OH is 1. The van der Waals surface area contributed by atoms with Crippen LogP contribution in [0.2, 0.25) is 0 Å². The summed E-state index contributed by atoms with van der Waals surface area (Å²) >= 11 is 1.10. The van der Waals surface area contributed by atoms with Crippen LogP contribution in [0.3, 0.4) is 0 Å². The number of amides is 1. The van der Waals surface area contributed by atoms with E-state index in [1.54, 1.807) is 0 Å². The van der Waals surface area contributed by atoms with Crippen molar-refractivity contribution < 1.29 is 18.5 Å². The minimum atomic E-state index is -3.59. The van der Waals surface area contributed by atoms with Crippen LogP contribution in [0.15, 0.2) is 20.7 Å². The van der Waals surface area contributed by atoms with Crippen molar-refractivity contribution in [1.82, 2.24) is 4.98 Å². The first-order chi connectivity index (χ1) is 14.2. The maximum absolute atomic E-state index is 14.1. The quantitative estimate of drug-likeness (QED) is 0.634. The van der Waals surface area contributed by atoms with Crippen LogP contribution in [-0.4, -0.2) is 20.2 Å². The molecule has 0 aliphatic carbocycles. The molecule has 1 unspecified atom stereocenters. The lowest BCUT2D eigenvalue weighted by Gasteiger charge is -2.19. The highest BCUT2D eigenvalue weighted by Crippen LogP contribution is 2.33. The van der Waals surface area contributed by atoms with E-state index in [1.807, 2.05) is 48.5 Å². The molecule has 0 saturated heterocycles. The lowest BCUT2D eigenvalue weighted by atomic mass is 9.87. The Kier molecular flexibility index (Phi) is 7.79. The molecule has 3 N–H and O–H groups in total. The molecule has 0 bridgehead atoms. The summed E-state index contributed by atoms with van der Waals surface area (Å²) in [5.41, 5.74) is 1.97. The van der Waals surface area contributed by atoms with Crippen molar-refractivity contribution in [2.75, 3.05) is 0 Å². The fourth-order valence-corrected chi connectivity index (χ4v) is 5.87. The van der Waals surface area contributed by atoms with Crippen molar-refractivity contribution in [3.8, 4) is 0 Å². The summed E-state index contributed by atoms with van der Waals surface area (Å²) in [5.74, 6) is -1.02. The lowest BCUT2D eigenvalue weighted by Crippen LogP contribution is -2.17. The second-order valence-electron chi connectivity index (χ2n) is 9.26. The van der Waals surface area contributed by atoms with Crippen LogP contribution in [0.4, 0.5) is 4.39 Å². The summed E-state index contributed by atoms with van der Waals surface area (Å²) in [7, 11) is -3.59. The second kappa shape index (κ2) is 9.44. The average molecular weight is 470 g/mol. The molecule has 6 nitrogen and oxygen atoms in total. The molecule has 9 heteroatoms. The molecule has 1 amide bonds. The molecule has 31 heavy (non-hydrogen) atoms. The number of carbonyl (C=O) groups excluding carboxylic acids is 1. The number of thiazole rings is 1. The number of aromatic nitrogens is 1. The third kappa shape index (κ3) is 5.97. The van der Waals surface area contributed by atoms with Gasteiger partial charge in [-0.05, 0) is 40.7 Å². The number of hydrogen-bond donors (Lipinski definition) is 2. The highest BCUT2D eigenvalue weighted by Gasteiger charge is 2.26. The van der Waals surface area contributed by atoms with E-state index in [1.165, 1.54) is 12.1 Å². The second-order valence-corrected chi connectivity index (χ2v) is 12.2. The Labute approximate surface area is 188 Å². The van der Waals surface area contributed by atoms with E-state index >= 15 is 0 Å². The fourth-order valence-electron chi connectivity index (χ4n) is 3.28. The fraction of sp³-hybridized carbons (Fsp3) is 0.545. The smallest absolute Gasteiger partial charge is 0.259 e. The minimum Gasteiger partial charge on any atom is -0.390 e. The maximum atomic E-state index is 14.1. The minimum absolute atomic E-state index is 0.00457. The molecule has 0 aliphatic rings. The first-order valence-electron chi connectivity index (χ1n) is 10.2. The third-order valence-electron chi connectivity index (χ3n) is 4.81. The normalized spacial score (nSPS) is 14.2. The maximum Gasteiger partial charge on any atom is 0.259 e. The van der Waals surface area contributed by atoms with E-state index < -0.39 is 22.4 Å². The summed E-state index contributed by atoms with van der Waals surface area (Å²) < 4.78 is 31.3. The van der Waals surface area contributed by atoms with Gasteiger partial charge in [0.05, 0.1) is 23.7 Å². The van der Waals surface area contributed by atoms with Crippen LogP contribution < -0.4 is 5.14 Å². The molecule has 0 aliphatic heterocycles. The summed E-state index contributed by atoms with van der Waals surface area (Å²) in [6.45, 7) is 13.1. The zero-order valence-electron chi connectivity index (χ0n) is 19.2. The van der Waals surface area contributed by atoms with Gasteiger partial charge in [0.25, 0.3) is 5.91 Å². The zero-order chi connectivity index (χ0) is 23.7. The molecule has 0 fully saturated rings. The van der Waals surface area contributed by atoms with Crippen molar-refractivity contribution in [3.63, 3.8) is 0 Å². The molecule has 1 aromatic carbocycles. The number of carbonyl (C=O) groups is 1. The number of rotatable bonds is 6. The van der Waals surface area contributed by atoms with E-state index in [9.17, 15) is 18.5 Å². The van der Waals surface area contributed by atoms with Gasteiger partial charge in [0.1, 0.15) is 10.0 Å². The van der Waals surface area contributed by atoms with Crippen LogP contribution in [-0.2, 0) is 33.2 Å². The largest absolute Gasteiger partial charge is 0.390 e. The van der Waals surface area contributed by atoms with Gasteiger partial charge in [-0.1, -0.05) is 48.5 Å². The first-order valence-corrected chi connectivity index (χ1v) is 12.6. The highest BCUT2D eigenvalue weighted by molar-refractivity contribution is 7.93. The molecular weight excluding hydrogens is 437 g/mol. The molecular formula is C22H32FN3O3S2. The van der Waals surface area contributed by atoms with E-state index in [-0.39, 0.29) is 39.4 Å². The number of aliphatic hydroxyl groups is 1. The van der Waals surface area contributed by atoms with Gasteiger partial charge in [0.15, 0.2) is 9.92 Å². The third-order valence-corrected chi connectivity index (χ3v) is 8.34. The zero-order valence-corrected chi connectivity index (χ0v) is 20.8. The average Bonchev–Trinajstić information content (AvgIpc) is 3.07. The SMILES string of the molecule is CC(C)c1cc(F)cc(C(C)C)c1CC(=O)N=S(N)(=O)c1sc(C(C)(C)C)nc1CO. The van der Waals surface area contributed by atoms with Crippen molar-refractivity contribution in [1.29, 1.82) is 0 Å². The number of halogens is 1. The number of hydrogen-bond acceptors (Lipinski definition) is 5. The molecule has 0 radical (unpaired) electrons. The van der Waals surface area contributed by atoms with Crippen LogP contribution in [0, 0.1) is 5.82 Å².